The molecule has 1 N–H and O–H groups in total. The monoisotopic (exact) mass is 550 g/mol. The molecule has 1 fully saturated rings. The molecule has 0 saturated carbocycles. The largest absolute Gasteiger partial charge is 0.352 e. The third kappa shape index (κ3) is 3.35. The smallest absolute Gasteiger partial charge is 0.238 e. The van der Waals surface area contributed by atoms with Gasteiger partial charge >= 0.3 is 0 Å². The van der Waals surface area contributed by atoms with Crippen molar-refractivity contribution in [2.24, 2.45) is 5.92 Å². The zero-order valence-corrected chi connectivity index (χ0v) is 22.5. The first-order valence-corrected chi connectivity index (χ1v) is 14.0. The predicted octanol–water partition coefficient (Wildman–Crippen LogP) is 6.57. The van der Waals surface area contributed by atoms with Gasteiger partial charge in [0, 0.05) is 22.0 Å². The normalized spacial score (nSPS) is 24.3. The first-order chi connectivity index (χ1) is 18.9. The van der Waals surface area contributed by atoms with E-state index >= 15 is 0 Å². The van der Waals surface area contributed by atoms with E-state index in [0.29, 0.717) is 21.2 Å². The molecule has 1 spiro atoms. The summed E-state index contributed by atoms with van der Waals surface area (Å²) in [5.41, 5.74) is 3.21. The number of Topliss-reactive ketones (excluding diaryl/α,β-unsaturated/α-hetero) is 2. The molecule has 3 aromatic carbocycles. The molecule has 4 aromatic rings. The Balaban J connectivity index is 1.54. The van der Waals surface area contributed by atoms with Gasteiger partial charge in [-0.05, 0) is 53.8 Å². The van der Waals surface area contributed by atoms with Crippen molar-refractivity contribution in [2.45, 2.75) is 24.4 Å². The van der Waals surface area contributed by atoms with E-state index in [1.807, 2.05) is 84.0 Å². The molecule has 0 aliphatic carbocycles. The van der Waals surface area contributed by atoms with Crippen LogP contribution in [0.4, 0.5) is 11.4 Å². The Kier molecular flexibility index (Phi) is 5.41. The summed E-state index contributed by atoms with van der Waals surface area (Å²) in [4.78, 5) is 45.9. The van der Waals surface area contributed by atoms with Crippen LogP contribution in [-0.2, 0) is 10.2 Å². The van der Waals surface area contributed by atoms with Gasteiger partial charge in [0.1, 0.15) is 11.5 Å². The van der Waals surface area contributed by atoms with Crippen LogP contribution in [0.25, 0.3) is 6.08 Å². The maximum absolute atomic E-state index is 14.7. The number of para-hydroxylation sites is 1. The van der Waals surface area contributed by atoms with Gasteiger partial charge < -0.3 is 10.2 Å². The molecule has 1 amide bonds. The van der Waals surface area contributed by atoms with Gasteiger partial charge in [-0.2, -0.15) is 0 Å². The summed E-state index contributed by atoms with van der Waals surface area (Å²) < 4.78 is 0. The topological polar surface area (TPSA) is 66.5 Å². The summed E-state index contributed by atoms with van der Waals surface area (Å²) in [5, 5.41) is 5.48. The molecular weight excluding hydrogens is 528 g/mol. The second-order valence-corrected chi connectivity index (χ2v) is 11.7. The Labute approximate surface area is 234 Å². The van der Waals surface area contributed by atoms with E-state index in [0.717, 1.165) is 22.4 Å². The molecule has 39 heavy (non-hydrogen) atoms. The summed E-state index contributed by atoms with van der Waals surface area (Å²) in [6.07, 6.45) is 3.90. The molecular formula is C32H23ClN2O3S. The van der Waals surface area contributed by atoms with E-state index in [1.165, 1.54) is 11.3 Å². The molecule has 7 heteroatoms. The molecule has 1 saturated heterocycles. The number of thiophene rings is 1. The highest BCUT2D eigenvalue weighted by Crippen LogP contribution is 2.58. The van der Waals surface area contributed by atoms with Crippen molar-refractivity contribution in [3.8, 4) is 0 Å². The molecule has 5 nitrogen and oxygen atoms in total. The van der Waals surface area contributed by atoms with Crippen LogP contribution in [0, 0.1) is 12.8 Å². The van der Waals surface area contributed by atoms with Crippen molar-refractivity contribution in [1.29, 1.82) is 0 Å². The number of aryl methyl sites for hydroxylation is 1. The number of halogens is 1. The van der Waals surface area contributed by atoms with E-state index in [-0.39, 0.29) is 17.5 Å². The Hall–Kier alpha value is -4.00. The second-order valence-electron chi connectivity index (χ2n) is 10.3. The minimum absolute atomic E-state index is 0.175. The standard InChI is InChI=1S/C32H23ClN2O3S/c1-18-8-10-19(11-9-18)29(36)27-28(30(37)25-7-4-16-39-25)35-24-14-13-21(33)17-20(24)12-15-26(35)32(27)22-5-2-3-6-23(22)34-31(32)38/h2-17,26-28H,1H3,(H,34,38)/t26-,27+,28+,32+/m1/s1. The SMILES string of the molecule is Cc1ccc(C(=O)[C@@H]2[C@@H](C(=O)c3cccs3)N3c4ccc(Cl)cc4C=C[C@@H]3[C@]23C(=O)Nc2ccccc23)cc1. The fourth-order valence-electron chi connectivity index (χ4n) is 6.61. The number of nitrogens with one attached hydrogen (secondary N) is 1. The lowest BCUT2D eigenvalue weighted by atomic mass is 9.64. The Morgan fingerprint density at radius 2 is 1.77 bits per heavy atom. The van der Waals surface area contributed by atoms with Gasteiger partial charge in [-0.1, -0.05) is 77.8 Å². The first-order valence-electron chi connectivity index (χ1n) is 12.8. The summed E-state index contributed by atoms with van der Waals surface area (Å²) >= 11 is 7.69. The van der Waals surface area contributed by atoms with E-state index in [9.17, 15) is 14.4 Å². The van der Waals surface area contributed by atoms with Gasteiger partial charge in [-0.3, -0.25) is 14.4 Å². The highest BCUT2D eigenvalue weighted by atomic mass is 35.5. The van der Waals surface area contributed by atoms with Crippen LogP contribution in [0.15, 0.2) is 90.3 Å². The number of carbonyl (C=O) groups is 3. The lowest BCUT2D eigenvalue weighted by Gasteiger charge is -2.37. The molecule has 0 bridgehead atoms. The fraction of sp³-hybridized carbons (Fsp3) is 0.156. The molecule has 4 heterocycles. The van der Waals surface area contributed by atoms with Crippen molar-refractivity contribution in [2.75, 3.05) is 10.2 Å². The van der Waals surface area contributed by atoms with Crippen LogP contribution >= 0.6 is 22.9 Å². The van der Waals surface area contributed by atoms with Crippen LogP contribution in [0.2, 0.25) is 5.02 Å². The Morgan fingerprint density at radius 1 is 0.974 bits per heavy atom. The summed E-state index contributed by atoms with van der Waals surface area (Å²) in [6.45, 7) is 1.96. The van der Waals surface area contributed by atoms with Gasteiger partial charge in [0.15, 0.2) is 11.6 Å². The highest BCUT2D eigenvalue weighted by molar-refractivity contribution is 7.12. The van der Waals surface area contributed by atoms with Crippen molar-refractivity contribution >= 4 is 57.9 Å². The number of carbonyl (C=O) groups excluding carboxylic acids is 3. The summed E-state index contributed by atoms with van der Waals surface area (Å²) in [5.74, 6) is -1.65. The van der Waals surface area contributed by atoms with Crippen molar-refractivity contribution in [1.82, 2.24) is 0 Å². The van der Waals surface area contributed by atoms with E-state index in [4.69, 9.17) is 11.6 Å². The Morgan fingerprint density at radius 3 is 2.54 bits per heavy atom. The lowest BCUT2D eigenvalue weighted by Crippen LogP contribution is -2.51. The van der Waals surface area contributed by atoms with Crippen LogP contribution < -0.4 is 10.2 Å². The van der Waals surface area contributed by atoms with Gasteiger partial charge in [0.05, 0.1) is 16.8 Å². The molecule has 3 aliphatic heterocycles. The minimum Gasteiger partial charge on any atom is -0.352 e. The zero-order chi connectivity index (χ0) is 26.9. The van der Waals surface area contributed by atoms with Gasteiger partial charge in [0.25, 0.3) is 0 Å². The van der Waals surface area contributed by atoms with Gasteiger partial charge in [-0.25, -0.2) is 0 Å². The maximum atomic E-state index is 14.7. The number of anilines is 2. The number of fused-ring (bicyclic) bond motifs is 6. The lowest BCUT2D eigenvalue weighted by molar-refractivity contribution is -0.121. The van der Waals surface area contributed by atoms with E-state index in [1.54, 1.807) is 24.3 Å². The number of hydrogen-bond acceptors (Lipinski definition) is 5. The zero-order valence-electron chi connectivity index (χ0n) is 20.9. The minimum atomic E-state index is -1.32. The molecule has 192 valence electrons. The molecule has 7 rings (SSSR count). The van der Waals surface area contributed by atoms with Crippen molar-refractivity contribution in [3.63, 3.8) is 0 Å². The van der Waals surface area contributed by atoms with Crippen molar-refractivity contribution in [3.05, 3.63) is 122 Å². The number of nitrogens with zero attached hydrogens (tertiary/aromatic N) is 1. The summed E-state index contributed by atoms with van der Waals surface area (Å²) in [7, 11) is 0. The Bertz CT molecular complexity index is 1690. The third-order valence-electron chi connectivity index (χ3n) is 8.25. The number of amides is 1. The maximum Gasteiger partial charge on any atom is 0.238 e. The number of hydrogen-bond donors (Lipinski definition) is 1. The van der Waals surface area contributed by atoms with Gasteiger partial charge in [-0.15, -0.1) is 11.3 Å². The van der Waals surface area contributed by atoms with Crippen LogP contribution in [0.3, 0.4) is 0 Å². The van der Waals surface area contributed by atoms with Crippen molar-refractivity contribution < 1.29 is 14.4 Å². The molecule has 1 aromatic heterocycles. The van der Waals surface area contributed by atoms with E-state index in [2.05, 4.69) is 5.32 Å². The average molecular weight is 551 g/mol. The number of ketones is 2. The average Bonchev–Trinajstić information content (AvgIpc) is 3.65. The quantitative estimate of drug-likeness (QED) is 0.292. The molecule has 4 atom stereocenters. The number of rotatable bonds is 4. The van der Waals surface area contributed by atoms with Gasteiger partial charge in [0.2, 0.25) is 5.91 Å². The second kappa shape index (κ2) is 8.76. The van der Waals surface area contributed by atoms with Crippen LogP contribution in [-0.4, -0.2) is 29.6 Å². The van der Waals surface area contributed by atoms with E-state index < -0.39 is 23.4 Å². The third-order valence-corrected chi connectivity index (χ3v) is 9.37. The van der Waals surface area contributed by atoms with Crippen LogP contribution in [0.5, 0.6) is 0 Å². The molecule has 0 radical (unpaired) electrons. The predicted molar refractivity (Wildman–Crippen MR) is 155 cm³/mol. The molecule has 3 aliphatic rings. The highest BCUT2D eigenvalue weighted by Gasteiger charge is 2.70. The first kappa shape index (κ1) is 24.1. The fourth-order valence-corrected chi connectivity index (χ4v) is 7.49. The number of benzene rings is 3. The molecule has 0 unspecified atom stereocenters. The van der Waals surface area contributed by atoms with Crippen LogP contribution in [0.1, 0.15) is 36.7 Å². The summed E-state index contributed by atoms with van der Waals surface area (Å²) in [6, 6.07) is 22.5.